The van der Waals surface area contributed by atoms with E-state index in [4.69, 9.17) is 4.74 Å². The molecule has 0 amide bonds. The lowest BCUT2D eigenvalue weighted by Crippen LogP contribution is -2.18. The van der Waals surface area contributed by atoms with E-state index in [-0.39, 0.29) is 16.9 Å². The van der Waals surface area contributed by atoms with Crippen LogP contribution in [0.3, 0.4) is 0 Å². The molecule has 1 aliphatic rings. The van der Waals surface area contributed by atoms with E-state index in [0.29, 0.717) is 0 Å². The highest BCUT2D eigenvalue weighted by molar-refractivity contribution is 5.41. The topological polar surface area (TPSA) is 49.7 Å². The number of hydrogen-bond donors (Lipinski definition) is 2. The summed E-state index contributed by atoms with van der Waals surface area (Å²) in [5.74, 6) is 0.547. The lowest BCUT2D eigenvalue weighted by atomic mass is 9.78. The number of ether oxygens (including phenoxy) is 1. The van der Waals surface area contributed by atoms with Crippen LogP contribution in [0.1, 0.15) is 37.8 Å². The Morgan fingerprint density at radius 3 is 1.36 bits per heavy atom. The van der Waals surface area contributed by atoms with E-state index in [0.717, 1.165) is 24.3 Å². The van der Waals surface area contributed by atoms with Crippen molar-refractivity contribution in [2.75, 3.05) is 13.2 Å². The Kier molecular flexibility index (Phi) is 5.45. The molecule has 0 spiro atoms. The van der Waals surface area contributed by atoms with Gasteiger partial charge >= 0.3 is 0 Å². The van der Waals surface area contributed by atoms with Gasteiger partial charge in [-0.25, -0.2) is 0 Å². The second-order valence-electron chi connectivity index (χ2n) is 6.04. The molecule has 2 aromatic rings. The second-order valence-corrected chi connectivity index (χ2v) is 6.04. The SMILES string of the molecule is C1CCOC1.CC(C)(c1ccc(O)cc1)c1ccc(O)cc1. The number of hydrogen-bond acceptors (Lipinski definition) is 3. The maximum atomic E-state index is 9.30. The minimum absolute atomic E-state index is 0.151. The average molecular weight is 300 g/mol. The van der Waals surface area contributed by atoms with Gasteiger partial charge in [-0.2, -0.15) is 0 Å². The van der Waals surface area contributed by atoms with Crippen molar-refractivity contribution < 1.29 is 14.9 Å². The standard InChI is InChI=1S/C15H16O2.C4H8O/c1-15(2,11-3-7-13(16)8-4-11)12-5-9-14(17)10-6-12;1-2-4-5-3-1/h3-10,16-17H,1-2H3;1-4H2. The summed E-state index contributed by atoms with van der Waals surface area (Å²) in [5, 5.41) is 18.6. The molecule has 0 unspecified atom stereocenters. The van der Waals surface area contributed by atoms with E-state index in [1.807, 2.05) is 24.3 Å². The Balaban J connectivity index is 0.000000299. The van der Waals surface area contributed by atoms with Crippen LogP contribution >= 0.6 is 0 Å². The van der Waals surface area contributed by atoms with Gasteiger partial charge in [0, 0.05) is 18.6 Å². The smallest absolute Gasteiger partial charge is 0.115 e. The van der Waals surface area contributed by atoms with Crippen LogP contribution in [0.15, 0.2) is 48.5 Å². The maximum Gasteiger partial charge on any atom is 0.115 e. The van der Waals surface area contributed by atoms with Crippen molar-refractivity contribution in [3.8, 4) is 11.5 Å². The number of phenolic OH excluding ortho intramolecular Hbond substituents is 2. The summed E-state index contributed by atoms with van der Waals surface area (Å²) in [6.45, 7) is 6.23. The minimum atomic E-state index is -0.151. The van der Waals surface area contributed by atoms with E-state index >= 15 is 0 Å². The van der Waals surface area contributed by atoms with Crippen LogP contribution in [0.2, 0.25) is 0 Å². The first kappa shape index (κ1) is 16.4. The summed E-state index contributed by atoms with van der Waals surface area (Å²) in [4.78, 5) is 0. The van der Waals surface area contributed by atoms with Crippen LogP contribution in [-0.4, -0.2) is 23.4 Å². The molecule has 3 nitrogen and oxygen atoms in total. The molecule has 1 fully saturated rings. The number of phenols is 2. The number of aromatic hydroxyl groups is 2. The molecular weight excluding hydrogens is 276 g/mol. The average Bonchev–Trinajstić information content (AvgIpc) is 3.08. The number of benzene rings is 2. The predicted octanol–water partition coefficient (Wildman–Crippen LogP) is 4.22. The Morgan fingerprint density at radius 2 is 1.09 bits per heavy atom. The van der Waals surface area contributed by atoms with Gasteiger partial charge in [-0.05, 0) is 48.2 Å². The largest absolute Gasteiger partial charge is 0.508 e. The molecule has 22 heavy (non-hydrogen) atoms. The van der Waals surface area contributed by atoms with E-state index < -0.39 is 0 Å². The van der Waals surface area contributed by atoms with Gasteiger partial charge in [0.1, 0.15) is 11.5 Å². The third kappa shape index (κ3) is 4.25. The summed E-state index contributed by atoms with van der Waals surface area (Å²) in [6, 6.07) is 14.4. The molecule has 0 aromatic heterocycles. The third-order valence-electron chi connectivity index (χ3n) is 4.01. The quantitative estimate of drug-likeness (QED) is 0.873. The maximum absolute atomic E-state index is 9.30. The minimum Gasteiger partial charge on any atom is -0.508 e. The van der Waals surface area contributed by atoms with Crippen molar-refractivity contribution in [2.24, 2.45) is 0 Å². The van der Waals surface area contributed by atoms with Crippen LogP contribution < -0.4 is 0 Å². The number of rotatable bonds is 2. The van der Waals surface area contributed by atoms with Crippen LogP contribution in [0.5, 0.6) is 11.5 Å². The van der Waals surface area contributed by atoms with E-state index in [9.17, 15) is 10.2 Å². The molecule has 3 heteroatoms. The van der Waals surface area contributed by atoms with Crippen LogP contribution in [0, 0.1) is 0 Å². The van der Waals surface area contributed by atoms with Gasteiger partial charge in [0.05, 0.1) is 0 Å². The first-order chi connectivity index (χ1) is 10.5. The molecule has 1 heterocycles. The summed E-state index contributed by atoms with van der Waals surface area (Å²) < 4.78 is 4.94. The highest BCUT2D eigenvalue weighted by atomic mass is 16.5. The first-order valence-corrected chi connectivity index (χ1v) is 7.67. The molecule has 118 valence electrons. The molecule has 2 aromatic carbocycles. The molecular formula is C19H24O3. The van der Waals surface area contributed by atoms with Crippen LogP contribution in [0.25, 0.3) is 0 Å². The molecule has 0 atom stereocenters. The lowest BCUT2D eigenvalue weighted by Gasteiger charge is -2.26. The molecule has 0 bridgehead atoms. The molecule has 0 radical (unpaired) electrons. The Morgan fingerprint density at radius 1 is 0.727 bits per heavy atom. The van der Waals surface area contributed by atoms with Crippen LogP contribution in [0.4, 0.5) is 0 Å². The van der Waals surface area contributed by atoms with Crippen molar-refractivity contribution in [1.29, 1.82) is 0 Å². The molecule has 1 saturated heterocycles. The summed E-state index contributed by atoms with van der Waals surface area (Å²) in [5.41, 5.74) is 2.10. The van der Waals surface area contributed by atoms with Crippen molar-refractivity contribution >= 4 is 0 Å². The van der Waals surface area contributed by atoms with Gasteiger partial charge in [0.2, 0.25) is 0 Å². The predicted molar refractivity (Wildman–Crippen MR) is 88.4 cm³/mol. The van der Waals surface area contributed by atoms with Gasteiger partial charge < -0.3 is 14.9 Å². The first-order valence-electron chi connectivity index (χ1n) is 7.67. The fourth-order valence-electron chi connectivity index (χ4n) is 2.43. The van der Waals surface area contributed by atoms with Crippen LogP contribution in [-0.2, 0) is 10.2 Å². The Hall–Kier alpha value is -2.00. The van der Waals surface area contributed by atoms with Gasteiger partial charge in [-0.15, -0.1) is 0 Å². The fourth-order valence-corrected chi connectivity index (χ4v) is 2.43. The molecule has 0 aliphatic carbocycles. The van der Waals surface area contributed by atoms with Gasteiger partial charge in [0.25, 0.3) is 0 Å². The Bertz CT molecular complexity index is 512. The summed E-state index contributed by atoms with van der Waals surface area (Å²) >= 11 is 0. The monoisotopic (exact) mass is 300 g/mol. The van der Waals surface area contributed by atoms with Crippen molar-refractivity contribution in [3.05, 3.63) is 59.7 Å². The summed E-state index contributed by atoms with van der Waals surface area (Å²) in [6.07, 6.45) is 2.56. The fraction of sp³-hybridized carbons (Fsp3) is 0.368. The zero-order valence-corrected chi connectivity index (χ0v) is 13.2. The third-order valence-corrected chi connectivity index (χ3v) is 4.01. The van der Waals surface area contributed by atoms with E-state index in [2.05, 4.69) is 13.8 Å². The van der Waals surface area contributed by atoms with Crippen molar-refractivity contribution in [3.63, 3.8) is 0 Å². The lowest BCUT2D eigenvalue weighted by molar-refractivity contribution is 0.198. The zero-order valence-electron chi connectivity index (χ0n) is 13.2. The van der Waals surface area contributed by atoms with E-state index in [1.165, 1.54) is 12.8 Å². The van der Waals surface area contributed by atoms with Gasteiger partial charge in [0.15, 0.2) is 0 Å². The van der Waals surface area contributed by atoms with E-state index in [1.54, 1.807) is 24.3 Å². The molecule has 0 saturated carbocycles. The highest BCUT2D eigenvalue weighted by Crippen LogP contribution is 2.32. The van der Waals surface area contributed by atoms with Crippen molar-refractivity contribution in [2.45, 2.75) is 32.1 Å². The molecule has 2 N–H and O–H groups in total. The Labute approximate surface area is 132 Å². The van der Waals surface area contributed by atoms with Crippen molar-refractivity contribution in [1.82, 2.24) is 0 Å². The normalized spacial score (nSPS) is 14.3. The molecule has 1 aliphatic heterocycles. The zero-order chi connectivity index (χ0) is 16.0. The van der Waals surface area contributed by atoms with Gasteiger partial charge in [-0.1, -0.05) is 38.1 Å². The second kappa shape index (κ2) is 7.32. The van der Waals surface area contributed by atoms with Gasteiger partial charge in [-0.3, -0.25) is 0 Å². The molecule has 3 rings (SSSR count). The highest BCUT2D eigenvalue weighted by Gasteiger charge is 2.22. The summed E-state index contributed by atoms with van der Waals surface area (Å²) in [7, 11) is 0.